The van der Waals surface area contributed by atoms with Crippen LogP contribution in [0.4, 0.5) is 9.18 Å². The molecule has 11 heteroatoms. The van der Waals surface area contributed by atoms with Gasteiger partial charge in [0.05, 0.1) is 22.8 Å². The number of aromatic nitrogens is 2. The third kappa shape index (κ3) is 3.54. The smallest absolute Gasteiger partial charge is 0.315 e. The van der Waals surface area contributed by atoms with Crippen LogP contribution in [0.15, 0.2) is 42.5 Å². The number of carbonyl (C=O) groups excluding carboxylic acids is 3. The number of nitrogens with zero attached hydrogens (tertiary/aromatic N) is 3. The lowest BCUT2D eigenvalue weighted by Gasteiger charge is -2.35. The van der Waals surface area contributed by atoms with Gasteiger partial charge in [0.15, 0.2) is 0 Å². The molecule has 1 atom stereocenters. The van der Waals surface area contributed by atoms with E-state index in [-0.39, 0.29) is 34.9 Å². The SMILES string of the molecule is NC(=O)c1ccc(C2c3c(C(N)=O)c(-c4ccc(F)c(Cl)c4)nn3CCN2C(N)=O)cc1. The van der Waals surface area contributed by atoms with Crippen LogP contribution in [0.25, 0.3) is 11.3 Å². The maximum Gasteiger partial charge on any atom is 0.315 e. The number of primary amides is 3. The largest absolute Gasteiger partial charge is 0.366 e. The van der Waals surface area contributed by atoms with Gasteiger partial charge in [0.2, 0.25) is 5.91 Å². The summed E-state index contributed by atoms with van der Waals surface area (Å²) in [4.78, 5) is 37.6. The number of carbonyl (C=O) groups is 3. The van der Waals surface area contributed by atoms with Crippen molar-refractivity contribution in [3.63, 3.8) is 0 Å². The predicted octanol–water partition coefficient (Wildman–Crippen LogP) is 2.02. The normalized spacial score (nSPS) is 15.3. The quantitative estimate of drug-likeness (QED) is 0.550. The highest BCUT2D eigenvalue weighted by Gasteiger charge is 2.38. The molecule has 0 bridgehead atoms. The molecular formula is C21H18ClFN6O3. The van der Waals surface area contributed by atoms with E-state index in [2.05, 4.69) is 5.10 Å². The Hall–Kier alpha value is -3.92. The second-order valence-electron chi connectivity index (χ2n) is 7.25. The van der Waals surface area contributed by atoms with E-state index in [9.17, 15) is 18.8 Å². The average Bonchev–Trinajstić information content (AvgIpc) is 3.15. The third-order valence-electron chi connectivity index (χ3n) is 5.35. The van der Waals surface area contributed by atoms with Gasteiger partial charge in [-0.1, -0.05) is 23.7 Å². The van der Waals surface area contributed by atoms with Gasteiger partial charge in [-0.05, 0) is 35.9 Å². The fraction of sp³-hybridized carbons (Fsp3) is 0.143. The van der Waals surface area contributed by atoms with Gasteiger partial charge < -0.3 is 22.1 Å². The highest BCUT2D eigenvalue weighted by atomic mass is 35.5. The Balaban J connectivity index is 1.94. The molecule has 4 rings (SSSR count). The standard InChI is InChI=1S/C21H18ClFN6O3/c22-13-9-12(5-6-14(13)23)16-15(20(25)31)18-17(10-1-3-11(4-2-10)19(24)30)28(21(26)32)7-8-29(18)27-16/h1-6,9,17H,7-8H2,(H2,24,30)(H2,25,31)(H2,26,32). The minimum absolute atomic E-state index is 0.0580. The molecule has 6 N–H and O–H groups in total. The molecule has 3 aromatic rings. The summed E-state index contributed by atoms with van der Waals surface area (Å²) in [5.74, 6) is -2.01. The zero-order chi connectivity index (χ0) is 23.2. The first-order chi connectivity index (χ1) is 15.2. The van der Waals surface area contributed by atoms with Crippen LogP contribution < -0.4 is 17.2 Å². The van der Waals surface area contributed by atoms with Crippen LogP contribution in [0.2, 0.25) is 5.02 Å². The predicted molar refractivity (Wildman–Crippen MR) is 114 cm³/mol. The minimum atomic E-state index is -0.803. The van der Waals surface area contributed by atoms with Crippen molar-refractivity contribution in [2.45, 2.75) is 12.6 Å². The molecule has 1 unspecified atom stereocenters. The molecule has 0 fully saturated rings. The summed E-state index contributed by atoms with van der Waals surface area (Å²) in [7, 11) is 0. The first-order valence-corrected chi connectivity index (χ1v) is 9.88. The molecule has 1 aliphatic heterocycles. The van der Waals surface area contributed by atoms with E-state index in [0.717, 1.165) is 6.07 Å². The van der Waals surface area contributed by atoms with E-state index in [0.29, 0.717) is 16.8 Å². The third-order valence-corrected chi connectivity index (χ3v) is 5.64. The van der Waals surface area contributed by atoms with Crippen LogP contribution in [-0.2, 0) is 6.54 Å². The van der Waals surface area contributed by atoms with Gasteiger partial charge in [0, 0.05) is 17.7 Å². The molecule has 0 saturated carbocycles. The summed E-state index contributed by atoms with van der Waals surface area (Å²) >= 11 is 5.92. The van der Waals surface area contributed by atoms with E-state index in [4.69, 9.17) is 28.8 Å². The van der Waals surface area contributed by atoms with Crippen LogP contribution in [0.5, 0.6) is 0 Å². The summed E-state index contributed by atoms with van der Waals surface area (Å²) in [5, 5.41) is 4.37. The number of amides is 4. The number of hydrogen-bond acceptors (Lipinski definition) is 4. The van der Waals surface area contributed by atoms with Crippen molar-refractivity contribution in [2.75, 3.05) is 6.54 Å². The molecule has 0 spiro atoms. The maximum atomic E-state index is 13.7. The van der Waals surface area contributed by atoms with Crippen molar-refractivity contribution < 1.29 is 18.8 Å². The Morgan fingerprint density at radius 1 is 1.00 bits per heavy atom. The maximum absolute atomic E-state index is 13.7. The molecule has 1 aliphatic rings. The van der Waals surface area contributed by atoms with Gasteiger partial charge in [-0.3, -0.25) is 14.3 Å². The van der Waals surface area contributed by atoms with Gasteiger partial charge in [0.1, 0.15) is 17.6 Å². The lowest BCUT2D eigenvalue weighted by atomic mass is 9.94. The van der Waals surface area contributed by atoms with Gasteiger partial charge >= 0.3 is 6.03 Å². The van der Waals surface area contributed by atoms with E-state index in [1.165, 1.54) is 29.2 Å². The lowest BCUT2D eigenvalue weighted by molar-refractivity contribution is 0.0990. The van der Waals surface area contributed by atoms with Gasteiger partial charge in [0.25, 0.3) is 5.91 Å². The number of nitrogens with two attached hydrogens (primary N) is 3. The number of benzene rings is 2. The Morgan fingerprint density at radius 2 is 1.69 bits per heavy atom. The van der Waals surface area contributed by atoms with Crippen molar-refractivity contribution in [3.8, 4) is 11.3 Å². The van der Waals surface area contributed by atoms with E-state index in [1.54, 1.807) is 16.8 Å². The number of rotatable bonds is 4. The number of urea groups is 1. The second-order valence-corrected chi connectivity index (χ2v) is 7.65. The topological polar surface area (TPSA) is 150 Å². The van der Waals surface area contributed by atoms with Crippen molar-refractivity contribution in [1.29, 1.82) is 0 Å². The van der Waals surface area contributed by atoms with Crippen LogP contribution in [0, 0.1) is 5.82 Å². The molecule has 2 aromatic carbocycles. The second kappa shape index (κ2) is 7.97. The van der Waals surface area contributed by atoms with E-state index >= 15 is 0 Å². The Kier molecular flexibility index (Phi) is 5.31. The number of fused-ring (bicyclic) bond motifs is 1. The summed E-state index contributed by atoms with van der Waals surface area (Å²) in [5.41, 5.74) is 18.5. The Labute approximate surface area is 186 Å². The summed E-state index contributed by atoms with van der Waals surface area (Å²) < 4.78 is 15.2. The fourth-order valence-electron chi connectivity index (χ4n) is 3.90. The summed E-state index contributed by atoms with van der Waals surface area (Å²) in [6.07, 6.45) is 0. The van der Waals surface area contributed by atoms with Crippen molar-refractivity contribution in [1.82, 2.24) is 14.7 Å². The first kappa shape index (κ1) is 21.3. The Bertz CT molecular complexity index is 1260. The van der Waals surface area contributed by atoms with Gasteiger partial charge in [-0.15, -0.1) is 0 Å². The van der Waals surface area contributed by atoms with Crippen LogP contribution >= 0.6 is 11.6 Å². The fourth-order valence-corrected chi connectivity index (χ4v) is 4.08. The number of halogens is 2. The minimum Gasteiger partial charge on any atom is -0.366 e. The molecule has 0 radical (unpaired) electrons. The highest BCUT2D eigenvalue weighted by Crippen LogP contribution is 2.38. The molecule has 164 valence electrons. The van der Waals surface area contributed by atoms with Crippen molar-refractivity contribution in [3.05, 3.63) is 75.7 Å². The zero-order valence-electron chi connectivity index (χ0n) is 16.6. The molecular weight excluding hydrogens is 439 g/mol. The average molecular weight is 457 g/mol. The first-order valence-electron chi connectivity index (χ1n) is 9.50. The van der Waals surface area contributed by atoms with E-state index < -0.39 is 29.7 Å². The molecule has 0 saturated heterocycles. The van der Waals surface area contributed by atoms with Crippen LogP contribution in [0.3, 0.4) is 0 Å². The Morgan fingerprint density at radius 3 is 2.25 bits per heavy atom. The van der Waals surface area contributed by atoms with Crippen molar-refractivity contribution >= 4 is 29.4 Å². The van der Waals surface area contributed by atoms with E-state index in [1.807, 2.05) is 0 Å². The van der Waals surface area contributed by atoms with Crippen LogP contribution in [0.1, 0.15) is 38.0 Å². The summed E-state index contributed by atoms with van der Waals surface area (Å²) in [6, 6.07) is 8.69. The van der Waals surface area contributed by atoms with Crippen LogP contribution in [-0.4, -0.2) is 39.1 Å². The van der Waals surface area contributed by atoms with Gasteiger partial charge in [-0.25, -0.2) is 9.18 Å². The van der Waals surface area contributed by atoms with Gasteiger partial charge in [-0.2, -0.15) is 5.10 Å². The molecule has 1 aromatic heterocycles. The molecule has 2 heterocycles. The summed E-state index contributed by atoms with van der Waals surface area (Å²) in [6.45, 7) is 0.470. The molecule has 0 aliphatic carbocycles. The monoisotopic (exact) mass is 456 g/mol. The van der Waals surface area contributed by atoms with Crippen molar-refractivity contribution in [2.24, 2.45) is 17.2 Å². The highest BCUT2D eigenvalue weighted by molar-refractivity contribution is 6.31. The molecule has 32 heavy (non-hydrogen) atoms. The number of hydrogen-bond donors (Lipinski definition) is 3. The zero-order valence-corrected chi connectivity index (χ0v) is 17.3. The lowest BCUT2D eigenvalue weighted by Crippen LogP contribution is -2.46. The molecule has 9 nitrogen and oxygen atoms in total. The molecule has 4 amide bonds.